The van der Waals surface area contributed by atoms with Crippen molar-refractivity contribution in [3.8, 4) is 0 Å². The van der Waals surface area contributed by atoms with Gasteiger partial charge in [-0.25, -0.2) is 9.97 Å². The summed E-state index contributed by atoms with van der Waals surface area (Å²) in [5, 5.41) is 4.77. The van der Waals surface area contributed by atoms with Crippen LogP contribution in [-0.4, -0.2) is 29.2 Å². The van der Waals surface area contributed by atoms with Crippen molar-refractivity contribution in [2.75, 3.05) is 18.5 Å². The first-order valence-corrected chi connectivity index (χ1v) is 7.26. The van der Waals surface area contributed by atoms with Crippen LogP contribution in [-0.2, 0) is 11.2 Å². The summed E-state index contributed by atoms with van der Waals surface area (Å²) in [7, 11) is 0. The summed E-state index contributed by atoms with van der Waals surface area (Å²) in [6.07, 6.45) is 2.01. The summed E-state index contributed by atoms with van der Waals surface area (Å²) < 4.78 is 5.36. The molecule has 1 atom stereocenters. The smallest absolute Gasteiger partial charge is 0.225 e. The van der Waals surface area contributed by atoms with Crippen LogP contribution < -0.4 is 5.32 Å². The van der Waals surface area contributed by atoms with Gasteiger partial charge in [-0.1, -0.05) is 6.92 Å². The fourth-order valence-corrected chi connectivity index (χ4v) is 3.26. The first-order valence-electron chi connectivity index (χ1n) is 6.06. The Morgan fingerprint density at radius 2 is 2.44 bits per heavy atom. The van der Waals surface area contributed by atoms with Crippen molar-refractivity contribution >= 4 is 39.0 Å². The molecule has 3 heterocycles. The molecule has 6 heteroatoms. The molecule has 1 N–H and O–H groups in total. The number of halogens is 1. The molecule has 0 bridgehead atoms. The molecular weight excluding hydrogens is 270 g/mol. The van der Waals surface area contributed by atoms with Crippen LogP contribution in [0.3, 0.4) is 0 Å². The van der Waals surface area contributed by atoms with E-state index in [0.29, 0.717) is 11.3 Å². The number of ether oxygens (including phenoxy) is 1. The average molecular weight is 284 g/mol. The fraction of sp³-hybridized carbons (Fsp3) is 0.500. The Labute approximate surface area is 114 Å². The van der Waals surface area contributed by atoms with Crippen molar-refractivity contribution in [2.45, 2.75) is 25.8 Å². The van der Waals surface area contributed by atoms with Crippen LogP contribution in [0.15, 0.2) is 6.07 Å². The van der Waals surface area contributed by atoms with Gasteiger partial charge in [-0.05, 0) is 30.5 Å². The standard InChI is InChI=1S/C12H14ClN3OS/c1-2-8-5-9-10(14-7-3-4-17-6-7)15-12(13)16-11(9)18-8/h5,7H,2-4,6H2,1H3,(H,14,15,16). The molecule has 4 nitrogen and oxygen atoms in total. The molecule has 1 aliphatic heterocycles. The Balaban J connectivity index is 2.00. The van der Waals surface area contributed by atoms with E-state index in [1.807, 2.05) is 0 Å². The number of aryl methyl sites for hydroxylation is 1. The van der Waals surface area contributed by atoms with E-state index in [1.54, 1.807) is 11.3 Å². The minimum Gasteiger partial charge on any atom is -0.379 e. The maximum Gasteiger partial charge on any atom is 0.225 e. The molecule has 2 aromatic heterocycles. The van der Waals surface area contributed by atoms with E-state index in [1.165, 1.54) is 4.88 Å². The number of nitrogens with one attached hydrogen (secondary N) is 1. The van der Waals surface area contributed by atoms with Crippen molar-refractivity contribution in [3.05, 3.63) is 16.2 Å². The van der Waals surface area contributed by atoms with E-state index in [9.17, 15) is 0 Å². The Morgan fingerprint density at radius 3 is 3.17 bits per heavy atom. The van der Waals surface area contributed by atoms with Gasteiger partial charge in [0.15, 0.2) is 0 Å². The molecule has 0 aromatic carbocycles. The largest absolute Gasteiger partial charge is 0.379 e. The van der Waals surface area contributed by atoms with Gasteiger partial charge in [0.2, 0.25) is 5.28 Å². The van der Waals surface area contributed by atoms with E-state index in [0.717, 1.165) is 42.1 Å². The zero-order valence-electron chi connectivity index (χ0n) is 10.1. The predicted octanol–water partition coefficient (Wildman–Crippen LogP) is 3.11. The number of hydrogen-bond donors (Lipinski definition) is 1. The SMILES string of the molecule is CCc1cc2c(NC3CCOC3)nc(Cl)nc2s1. The monoisotopic (exact) mass is 283 g/mol. The molecule has 0 amide bonds. The van der Waals surface area contributed by atoms with Gasteiger partial charge >= 0.3 is 0 Å². The van der Waals surface area contributed by atoms with Gasteiger partial charge in [-0.3, -0.25) is 0 Å². The van der Waals surface area contributed by atoms with Crippen molar-refractivity contribution in [2.24, 2.45) is 0 Å². The Bertz CT molecular complexity index is 566. The number of hydrogen-bond acceptors (Lipinski definition) is 5. The normalized spacial score (nSPS) is 19.6. The Kier molecular flexibility index (Phi) is 3.37. The molecule has 3 rings (SSSR count). The summed E-state index contributed by atoms with van der Waals surface area (Å²) in [5.74, 6) is 0.830. The highest BCUT2D eigenvalue weighted by Gasteiger charge is 2.18. The predicted molar refractivity (Wildman–Crippen MR) is 74.6 cm³/mol. The van der Waals surface area contributed by atoms with E-state index in [-0.39, 0.29) is 0 Å². The minimum atomic E-state index is 0.299. The summed E-state index contributed by atoms with van der Waals surface area (Å²) in [5.41, 5.74) is 0. The van der Waals surface area contributed by atoms with Crippen LogP contribution in [0.25, 0.3) is 10.2 Å². The van der Waals surface area contributed by atoms with E-state index < -0.39 is 0 Å². The van der Waals surface area contributed by atoms with Gasteiger partial charge in [0.25, 0.3) is 0 Å². The molecule has 0 radical (unpaired) electrons. The van der Waals surface area contributed by atoms with Crippen LogP contribution in [0.5, 0.6) is 0 Å². The van der Waals surface area contributed by atoms with E-state index >= 15 is 0 Å². The van der Waals surface area contributed by atoms with Crippen LogP contribution >= 0.6 is 22.9 Å². The van der Waals surface area contributed by atoms with Crippen molar-refractivity contribution in [1.29, 1.82) is 0 Å². The topological polar surface area (TPSA) is 47.0 Å². The second kappa shape index (κ2) is 4.99. The summed E-state index contributed by atoms with van der Waals surface area (Å²) in [6, 6.07) is 2.47. The van der Waals surface area contributed by atoms with Gasteiger partial charge in [0.1, 0.15) is 10.6 Å². The molecule has 18 heavy (non-hydrogen) atoms. The maximum absolute atomic E-state index is 5.97. The third-order valence-corrected chi connectivity index (χ3v) is 4.38. The van der Waals surface area contributed by atoms with Crippen LogP contribution in [0.2, 0.25) is 5.28 Å². The molecule has 96 valence electrons. The first kappa shape index (κ1) is 12.1. The van der Waals surface area contributed by atoms with Gasteiger partial charge in [-0.2, -0.15) is 0 Å². The van der Waals surface area contributed by atoms with Crippen molar-refractivity contribution in [3.63, 3.8) is 0 Å². The molecule has 0 spiro atoms. The molecule has 0 saturated carbocycles. The molecule has 1 fully saturated rings. The minimum absolute atomic E-state index is 0.299. The van der Waals surface area contributed by atoms with Crippen molar-refractivity contribution in [1.82, 2.24) is 9.97 Å². The number of nitrogens with zero attached hydrogens (tertiary/aromatic N) is 2. The number of rotatable bonds is 3. The van der Waals surface area contributed by atoms with Gasteiger partial charge < -0.3 is 10.1 Å². The highest BCUT2D eigenvalue weighted by molar-refractivity contribution is 7.18. The van der Waals surface area contributed by atoms with Crippen LogP contribution in [0.1, 0.15) is 18.2 Å². The Morgan fingerprint density at radius 1 is 1.56 bits per heavy atom. The second-order valence-electron chi connectivity index (χ2n) is 4.33. The van der Waals surface area contributed by atoms with Crippen LogP contribution in [0, 0.1) is 0 Å². The molecule has 0 aliphatic carbocycles. The third kappa shape index (κ3) is 2.30. The van der Waals surface area contributed by atoms with Crippen LogP contribution in [0.4, 0.5) is 5.82 Å². The lowest BCUT2D eigenvalue weighted by atomic mass is 10.2. The highest BCUT2D eigenvalue weighted by Crippen LogP contribution is 2.31. The molecular formula is C12H14ClN3OS. The van der Waals surface area contributed by atoms with Gasteiger partial charge in [0.05, 0.1) is 18.0 Å². The number of anilines is 1. The molecule has 1 saturated heterocycles. The molecule has 2 aromatic rings. The lowest BCUT2D eigenvalue weighted by molar-refractivity contribution is 0.195. The third-order valence-electron chi connectivity index (χ3n) is 3.04. The summed E-state index contributed by atoms with van der Waals surface area (Å²) >= 11 is 7.65. The highest BCUT2D eigenvalue weighted by atomic mass is 35.5. The van der Waals surface area contributed by atoms with Gasteiger partial charge in [0, 0.05) is 11.5 Å². The zero-order valence-corrected chi connectivity index (χ0v) is 11.6. The molecule has 1 unspecified atom stereocenters. The number of thiophene rings is 1. The lowest BCUT2D eigenvalue weighted by Gasteiger charge is -2.11. The molecule has 1 aliphatic rings. The quantitative estimate of drug-likeness (QED) is 0.879. The fourth-order valence-electron chi connectivity index (χ4n) is 2.07. The maximum atomic E-state index is 5.97. The first-order chi connectivity index (χ1) is 8.76. The van der Waals surface area contributed by atoms with Gasteiger partial charge in [-0.15, -0.1) is 11.3 Å². The zero-order chi connectivity index (χ0) is 12.5. The van der Waals surface area contributed by atoms with E-state index in [4.69, 9.17) is 16.3 Å². The average Bonchev–Trinajstić information content (AvgIpc) is 2.97. The number of aromatic nitrogens is 2. The lowest BCUT2D eigenvalue weighted by Crippen LogP contribution is -2.19. The second-order valence-corrected chi connectivity index (χ2v) is 5.78. The van der Waals surface area contributed by atoms with Crippen molar-refractivity contribution < 1.29 is 4.74 Å². The Hall–Kier alpha value is -0.910. The van der Waals surface area contributed by atoms with E-state index in [2.05, 4.69) is 28.3 Å². The summed E-state index contributed by atoms with van der Waals surface area (Å²) in [4.78, 5) is 10.8. The number of fused-ring (bicyclic) bond motifs is 1. The summed E-state index contributed by atoms with van der Waals surface area (Å²) in [6.45, 7) is 3.68.